The average molecular weight is 278 g/mol. The quantitative estimate of drug-likeness (QED) is 0.593. The number of benzene rings is 1. The fourth-order valence-electron chi connectivity index (χ4n) is 1.56. The van der Waals surface area contributed by atoms with Crippen molar-refractivity contribution in [1.29, 1.82) is 0 Å². The van der Waals surface area contributed by atoms with Crippen LogP contribution in [0.15, 0.2) is 24.3 Å². The molecule has 0 saturated heterocycles. The predicted octanol–water partition coefficient (Wildman–Crippen LogP) is 2.50. The summed E-state index contributed by atoms with van der Waals surface area (Å²) in [5, 5.41) is 2.62. The fourth-order valence-corrected chi connectivity index (χ4v) is 1.56. The Morgan fingerprint density at radius 3 is 2.50 bits per heavy atom. The largest absolute Gasteiger partial charge is 0.445 e. The van der Waals surface area contributed by atoms with Gasteiger partial charge in [0.1, 0.15) is 12.4 Å². The van der Waals surface area contributed by atoms with Gasteiger partial charge in [0.05, 0.1) is 0 Å². The van der Waals surface area contributed by atoms with Gasteiger partial charge in [0.25, 0.3) is 0 Å². The first-order valence-corrected chi connectivity index (χ1v) is 6.77. The number of nitrogen functional groups attached to an aromatic ring is 1. The van der Waals surface area contributed by atoms with Crippen molar-refractivity contribution in [3.05, 3.63) is 29.8 Å². The van der Waals surface area contributed by atoms with Crippen LogP contribution in [0.25, 0.3) is 0 Å². The normalized spacial score (nSPS) is 10.3. The lowest BCUT2D eigenvalue weighted by Gasteiger charge is -2.08. The van der Waals surface area contributed by atoms with E-state index in [1.54, 1.807) is 12.1 Å². The summed E-state index contributed by atoms with van der Waals surface area (Å²) in [6.45, 7) is 4.39. The van der Waals surface area contributed by atoms with E-state index in [9.17, 15) is 9.59 Å². The third kappa shape index (κ3) is 6.22. The minimum atomic E-state index is -0.473. The monoisotopic (exact) mass is 278 g/mol. The predicted molar refractivity (Wildman–Crippen MR) is 78.1 cm³/mol. The number of hydrogen-bond donors (Lipinski definition) is 2. The number of nitrogens with one attached hydrogen (secondary N) is 1. The van der Waals surface area contributed by atoms with E-state index < -0.39 is 6.09 Å². The lowest BCUT2D eigenvalue weighted by molar-refractivity contribution is -0.121. The number of nitrogens with two attached hydrogens (primary N) is 1. The van der Waals surface area contributed by atoms with E-state index in [0.29, 0.717) is 25.1 Å². The van der Waals surface area contributed by atoms with Crippen LogP contribution in [0.3, 0.4) is 0 Å². The van der Waals surface area contributed by atoms with E-state index in [1.165, 1.54) is 0 Å². The number of Topliss-reactive ketones (excluding diaryl/α,β-unsaturated/α-hetero) is 1. The minimum absolute atomic E-state index is 0.0486. The summed E-state index contributed by atoms with van der Waals surface area (Å²) in [7, 11) is 0. The lowest BCUT2D eigenvalue weighted by atomic mass is 10.1. The second-order valence-corrected chi connectivity index (χ2v) is 4.97. The number of hydrogen-bond acceptors (Lipinski definition) is 4. The Balaban J connectivity index is 2.14. The van der Waals surface area contributed by atoms with Gasteiger partial charge in [-0.25, -0.2) is 4.79 Å². The van der Waals surface area contributed by atoms with E-state index in [0.717, 1.165) is 5.56 Å². The highest BCUT2D eigenvalue weighted by Crippen LogP contribution is 2.06. The van der Waals surface area contributed by atoms with Gasteiger partial charge in [0.2, 0.25) is 0 Å². The first-order chi connectivity index (χ1) is 9.49. The number of anilines is 1. The Morgan fingerprint density at radius 1 is 1.25 bits per heavy atom. The summed E-state index contributed by atoms with van der Waals surface area (Å²) in [6.07, 6.45) is 0.642. The molecule has 0 fully saturated rings. The molecule has 0 aromatic heterocycles. The molecule has 0 heterocycles. The Kier molecular flexibility index (Phi) is 6.56. The number of carbonyl (C=O) groups is 2. The third-order valence-electron chi connectivity index (χ3n) is 2.86. The minimum Gasteiger partial charge on any atom is -0.445 e. The molecule has 0 saturated carbocycles. The molecule has 0 aliphatic carbocycles. The zero-order chi connectivity index (χ0) is 15.0. The van der Waals surface area contributed by atoms with Gasteiger partial charge in [-0.05, 0) is 24.1 Å². The molecule has 1 aromatic rings. The third-order valence-corrected chi connectivity index (χ3v) is 2.86. The Labute approximate surface area is 119 Å². The van der Waals surface area contributed by atoms with Crippen molar-refractivity contribution in [2.75, 3.05) is 12.3 Å². The van der Waals surface area contributed by atoms with Crippen LogP contribution < -0.4 is 11.1 Å². The van der Waals surface area contributed by atoms with Gasteiger partial charge < -0.3 is 15.8 Å². The van der Waals surface area contributed by atoms with Crippen LogP contribution in [0.2, 0.25) is 0 Å². The number of amides is 1. The molecule has 0 spiro atoms. The van der Waals surface area contributed by atoms with Crippen LogP contribution in [-0.2, 0) is 16.1 Å². The number of carbonyl (C=O) groups excluding carboxylic acids is 2. The second kappa shape index (κ2) is 8.19. The summed E-state index contributed by atoms with van der Waals surface area (Å²) in [6, 6.07) is 7.14. The maximum Gasteiger partial charge on any atom is 0.407 e. The van der Waals surface area contributed by atoms with Crippen molar-refractivity contribution in [1.82, 2.24) is 5.32 Å². The highest BCUT2D eigenvalue weighted by molar-refractivity contribution is 5.80. The first-order valence-electron chi connectivity index (χ1n) is 6.77. The topological polar surface area (TPSA) is 81.4 Å². The van der Waals surface area contributed by atoms with Crippen LogP contribution in [0.1, 0.15) is 32.3 Å². The van der Waals surface area contributed by atoms with E-state index in [1.807, 2.05) is 26.0 Å². The second-order valence-electron chi connectivity index (χ2n) is 4.97. The maximum atomic E-state index is 11.4. The summed E-state index contributed by atoms with van der Waals surface area (Å²) in [5.41, 5.74) is 7.11. The molecule has 20 heavy (non-hydrogen) atoms. The molecule has 0 aliphatic heterocycles. The molecule has 1 amide bonds. The molecule has 0 atom stereocenters. The van der Waals surface area contributed by atoms with Gasteiger partial charge in [-0.2, -0.15) is 0 Å². The van der Waals surface area contributed by atoms with E-state index in [4.69, 9.17) is 10.5 Å². The zero-order valence-corrected chi connectivity index (χ0v) is 12.0. The molecule has 0 radical (unpaired) electrons. The van der Waals surface area contributed by atoms with E-state index >= 15 is 0 Å². The van der Waals surface area contributed by atoms with Crippen molar-refractivity contribution in [3.8, 4) is 0 Å². The van der Waals surface area contributed by atoms with Gasteiger partial charge in [0.15, 0.2) is 0 Å². The van der Waals surface area contributed by atoms with Crippen LogP contribution in [0.5, 0.6) is 0 Å². The average Bonchev–Trinajstić information content (AvgIpc) is 2.42. The van der Waals surface area contributed by atoms with Gasteiger partial charge in [0, 0.05) is 24.6 Å². The number of ketones is 1. The Bertz CT molecular complexity index is 441. The molecule has 5 heteroatoms. The fraction of sp³-hybridized carbons (Fsp3) is 0.467. The lowest BCUT2D eigenvalue weighted by Crippen LogP contribution is -2.25. The zero-order valence-electron chi connectivity index (χ0n) is 12.0. The Hall–Kier alpha value is -2.04. The van der Waals surface area contributed by atoms with Crippen molar-refractivity contribution >= 4 is 17.6 Å². The highest BCUT2D eigenvalue weighted by atomic mass is 16.5. The molecule has 0 unspecified atom stereocenters. The van der Waals surface area contributed by atoms with Crippen LogP contribution in [0, 0.1) is 5.92 Å². The van der Waals surface area contributed by atoms with Gasteiger partial charge >= 0.3 is 6.09 Å². The van der Waals surface area contributed by atoms with Crippen LogP contribution >= 0.6 is 0 Å². The number of rotatable bonds is 7. The summed E-state index contributed by atoms with van der Waals surface area (Å²) >= 11 is 0. The van der Waals surface area contributed by atoms with E-state index in [2.05, 4.69) is 5.32 Å². The van der Waals surface area contributed by atoms with Gasteiger partial charge in [-0.3, -0.25) is 4.79 Å². The van der Waals surface area contributed by atoms with Crippen molar-refractivity contribution in [2.24, 2.45) is 5.92 Å². The summed E-state index contributed by atoms with van der Waals surface area (Å²) in [5.74, 6) is 0.259. The number of ether oxygens (including phenoxy) is 1. The molecular formula is C15H22N2O3. The SMILES string of the molecule is CC(C)C(=O)CCCNC(=O)OCc1ccc(N)cc1. The van der Waals surface area contributed by atoms with Crippen molar-refractivity contribution in [2.45, 2.75) is 33.3 Å². The molecule has 1 rings (SSSR count). The molecule has 3 N–H and O–H groups in total. The highest BCUT2D eigenvalue weighted by Gasteiger charge is 2.07. The first kappa shape index (κ1) is 16.0. The van der Waals surface area contributed by atoms with Gasteiger partial charge in [-0.1, -0.05) is 26.0 Å². The summed E-state index contributed by atoms with van der Waals surface area (Å²) < 4.78 is 5.05. The van der Waals surface area contributed by atoms with Crippen LogP contribution in [0.4, 0.5) is 10.5 Å². The van der Waals surface area contributed by atoms with Crippen LogP contribution in [-0.4, -0.2) is 18.4 Å². The van der Waals surface area contributed by atoms with Crippen molar-refractivity contribution in [3.63, 3.8) is 0 Å². The number of alkyl carbamates (subject to hydrolysis) is 1. The maximum absolute atomic E-state index is 11.4. The molecule has 1 aromatic carbocycles. The standard InChI is InChI=1S/C15H22N2O3/c1-11(2)14(18)4-3-9-17-15(19)20-10-12-5-7-13(16)8-6-12/h5-8,11H,3-4,9-10,16H2,1-2H3,(H,17,19). The smallest absolute Gasteiger partial charge is 0.407 e. The van der Waals surface area contributed by atoms with Gasteiger partial charge in [-0.15, -0.1) is 0 Å². The molecule has 110 valence electrons. The van der Waals surface area contributed by atoms with Crippen molar-refractivity contribution < 1.29 is 14.3 Å². The summed E-state index contributed by atoms with van der Waals surface area (Å²) in [4.78, 5) is 22.8. The molecular weight excluding hydrogens is 256 g/mol. The molecule has 0 bridgehead atoms. The van der Waals surface area contributed by atoms with E-state index in [-0.39, 0.29) is 18.3 Å². The molecule has 5 nitrogen and oxygen atoms in total. The molecule has 0 aliphatic rings. The Morgan fingerprint density at radius 2 is 1.90 bits per heavy atom.